The van der Waals surface area contributed by atoms with Crippen molar-refractivity contribution in [1.29, 1.82) is 0 Å². The molecule has 0 N–H and O–H groups in total. The summed E-state index contributed by atoms with van der Waals surface area (Å²) in [4.78, 5) is 0. The Kier molecular flexibility index (Phi) is 5.76. The molecule has 2 fully saturated rings. The number of hydrogen-bond donors (Lipinski definition) is 0. The molecule has 0 radical (unpaired) electrons. The van der Waals surface area contributed by atoms with Crippen molar-refractivity contribution in [2.75, 3.05) is 6.61 Å². The van der Waals surface area contributed by atoms with Gasteiger partial charge in [0.25, 0.3) is 0 Å². The zero-order chi connectivity index (χ0) is 18.6. The van der Waals surface area contributed by atoms with Gasteiger partial charge in [0, 0.05) is 5.92 Å². The lowest BCUT2D eigenvalue weighted by Gasteiger charge is -2.41. The molecule has 4 atom stereocenters. The third-order valence-corrected chi connectivity index (χ3v) is 10.8. The van der Waals surface area contributed by atoms with Crippen LogP contribution in [0.4, 0.5) is 0 Å². The Morgan fingerprint density at radius 3 is 2.29 bits per heavy atom. The third kappa shape index (κ3) is 4.11. The van der Waals surface area contributed by atoms with Crippen molar-refractivity contribution in [3.8, 4) is 0 Å². The van der Waals surface area contributed by atoms with Crippen LogP contribution in [0.1, 0.15) is 54.9 Å². The standard InChI is InChI=1S/C19H35IO3Si/c1-13-11-19(12-21-18(6,7)23-19)15(10-14(2)20)16(13)22-24(8,9)17(3,4)5/h10,13,15-16H,11-12H2,1-9H3/b14-10+/t13-,15-,16+,19-/m0/s1. The van der Waals surface area contributed by atoms with E-state index < -0.39 is 14.1 Å². The fourth-order valence-corrected chi connectivity index (χ4v) is 5.56. The Balaban J connectivity index is 2.35. The minimum Gasteiger partial charge on any atom is -0.413 e. The van der Waals surface area contributed by atoms with Crippen molar-refractivity contribution in [2.45, 2.75) is 90.5 Å². The van der Waals surface area contributed by atoms with Crippen LogP contribution in [0.2, 0.25) is 18.1 Å². The van der Waals surface area contributed by atoms with E-state index in [9.17, 15) is 0 Å². The number of halogens is 1. The largest absolute Gasteiger partial charge is 0.413 e. The second kappa shape index (κ2) is 6.62. The molecule has 2 aliphatic rings. The van der Waals surface area contributed by atoms with Crippen LogP contribution >= 0.6 is 22.6 Å². The van der Waals surface area contributed by atoms with Gasteiger partial charge in [-0.15, -0.1) is 0 Å². The molecule has 1 saturated heterocycles. The topological polar surface area (TPSA) is 27.7 Å². The fraction of sp³-hybridized carbons (Fsp3) is 0.895. The van der Waals surface area contributed by atoms with E-state index >= 15 is 0 Å². The first-order valence-corrected chi connectivity index (χ1v) is 13.0. The van der Waals surface area contributed by atoms with Gasteiger partial charge >= 0.3 is 0 Å². The van der Waals surface area contributed by atoms with E-state index in [0.29, 0.717) is 12.5 Å². The Morgan fingerprint density at radius 2 is 1.88 bits per heavy atom. The van der Waals surface area contributed by atoms with Crippen molar-refractivity contribution in [1.82, 2.24) is 0 Å². The van der Waals surface area contributed by atoms with E-state index in [1.54, 1.807) is 0 Å². The number of rotatable bonds is 3. The Morgan fingerprint density at radius 1 is 1.29 bits per heavy atom. The molecule has 2 rings (SSSR count). The second-order valence-electron chi connectivity index (χ2n) is 9.66. The highest BCUT2D eigenvalue weighted by atomic mass is 127. The first kappa shape index (κ1) is 20.9. The Labute approximate surface area is 163 Å². The van der Waals surface area contributed by atoms with Gasteiger partial charge < -0.3 is 13.9 Å². The normalized spacial score (nSPS) is 37.4. The summed E-state index contributed by atoms with van der Waals surface area (Å²) in [6.07, 6.45) is 3.56. The van der Waals surface area contributed by atoms with Crippen molar-refractivity contribution < 1.29 is 13.9 Å². The molecule has 0 aromatic carbocycles. The Bertz CT molecular complexity index is 505. The SMILES string of the molecule is C/C(I)=C\[C@H]1[C@H](O[Si](C)(C)C(C)(C)C)[C@@H](C)C[C@]12COC(C)(C)O2. The first-order valence-electron chi connectivity index (χ1n) is 9.05. The molecule has 0 amide bonds. The molecule has 1 aliphatic heterocycles. The summed E-state index contributed by atoms with van der Waals surface area (Å²) in [5.41, 5.74) is -0.248. The van der Waals surface area contributed by atoms with Crippen LogP contribution in [-0.4, -0.2) is 32.4 Å². The maximum Gasteiger partial charge on any atom is 0.192 e. The van der Waals surface area contributed by atoms with Crippen molar-refractivity contribution >= 4 is 30.9 Å². The summed E-state index contributed by atoms with van der Waals surface area (Å²) in [5, 5.41) is 0.211. The number of ether oxygens (including phenoxy) is 2. The molecule has 1 saturated carbocycles. The lowest BCUT2D eigenvalue weighted by molar-refractivity contribution is -0.167. The van der Waals surface area contributed by atoms with Gasteiger partial charge in [0.05, 0.1) is 12.7 Å². The van der Waals surface area contributed by atoms with Gasteiger partial charge in [-0.25, -0.2) is 0 Å². The predicted octanol–water partition coefficient (Wildman–Crippen LogP) is 5.89. The zero-order valence-corrected chi connectivity index (χ0v) is 20.0. The smallest absolute Gasteiger partial charge is 0.192 e. The molecule has 0 aromatic rings. The molecule has 140 valence electrons. The summed E-state index contributed by atoms with van der Waals surface area (Å²) < 4.78 is 20.7. The van der Waals surface area contributed by atoms with Gasteiger partial charge in [-0.1, -0.05) is 33.8 Å². The summed E-state index contributed by atoms with van der Waals surface area (Å²) >= 11 is 2.40. The van der Waals surface area contributed by atoms with Gasteiger partial charge in [0.15, 0.2) is 14.1 Å². The monoisotopic (exact) mass is 466 g/mol. The van der Waals surface area contributed by atoms with Crippen molar-refractivity contribution in [3.05, 3.63) is 9.66 Å². The molecule has 0 unspecified atom stereocenters. The molecular formula is C19H35IO3Si. The average Bonchev–Trinajstić information content (AvgIpc) is 2.78. The van der Waals surface area contributed by atoms with Gasteiger partial charge in [-0.2, -0.15) is 0 Å². The van der Waals surface area contributed by atoms with Crippen LogP contribution in [-0.2, 0) is 13.9 Å². The number of allylic oxidation sites excluding steroid dienone is 1. The minimum atomic E-state index is -1.84. The highest BCUT2D eigenvalue weighted by molar-refractivity contribution is 14.1. The van der Waals surface area contributed by atoms with Crippen LogP contribution < -0.4 is 0 Å². The predicted molar refractivity (Wildman–Crippen MR) is 111 cm³/mol. The zero-order valence-electron chi connectivity index (χ0n) is 16.8. The van der Waals surface area contributed by atoms with Gasteiger partial charge in [-0.3, -0.25) is 0 Å². The molecule has 0 aromatic heterocycles. The molecule has 24 heavy (non-hydrogen) atoms. The molecule has 1 spiro atoms. The first-order chi connectivity index (χ1) is 10.7. The van der Waals surface area contributed by atoms with Crippen LogP contribution in [0.3, 0.4) is 0 Å². The molecule has 0 bridgehead atoms. The maximum absolute atomic E-state index is 6.90. The highest BCUT2D eigenvalue weighted by Gasteiger charge is 2.60. The van der Waals surface area contributed by atoms with E-state index in [1.807, 2.05) is 13.8 Å². The molecular weight excluding hydrogens is 431 g/mol. The average molecular weight is 466 g/mol. The van der Waals surface area contributed by atoms with E-state index in [2.05, 4.69) is 76.4 Å². The summed E-state index contributed by atoms with van der Waals surface area (Å²) in [6.45, 7) is 20.8. The second-order valence-corrected chi connectivity index (χ2v) is 16.1. The summed E-state index contributed by atoms with van der Waals surface area (Å²) in [6, 6.07) is 0. The molecule has 1 heterocycles. The lowest BCUT2D eigenvalue weighted by atomic mass is 9.90. The fourth-order valence-electron chi connectivity index (χ4n) is 3.76. The van der Waals surface area contributed by atoms with Crippen molar-refractivity contribution in [2.24, 2.45) is 11.8 Å². The number of hydrogen-bond acceptors (Lipinski definition) is 3. The molecule has 5 heteroatoms. The molecule has 1 aliphatic carbocycles. The van der Waals surface area contributed by atoms with E-state index in [1.165, 1.54) is 3.58 Å². The summed E-state index contributed by atoms with van der Waals surface area (Å²) in [5.74, 6) is 0.213. The van der Waals surface area contributed by atoms with Crippen LogP contribution in [0.15, 0.2) is 9.66 Å². The molecule has 3 nitrogen and oxygen atoms in total. The van der Waals surface area contributed by atoms with E-state index in [-0.39, 0.29) is 22.7 Å². The minimum absolute atomic E-state index is 0.202. The quantitative estimate of drug-likeness (QED) is 0.383. The third-order valence-electron chi connectivity index (χ3n) is 5.95. The van der Waals surface area contributed by atoms with Crippen molar-refractivity contribution in [3.63, 3.8) is 0 Å². The van der Waals surface area contributed by atoms with Crippen LogP contribution in [0.25, 0.3) is 0 Å². The van der Waals surface area contributed by atoms with Gasteiger partial charge in [0.2, 0.25) is 0 Å². The Hall–Kier alpha value is 0.567. The van der Waals surface area contributed by atoms with E-state index in [4.69, 9.17) is 13.9 Å². The van der Waals surface area contributed by atoms with Crippen LogP contribution in [0.5, 0.6) is 0 Å². The van der Waals surface area contributed by atoms with Gasteiger partial charge in [0.1, 0.15) is 5.60 Å². The highest BCUT2D eigenvalue weighted by Crippen LogP contribution is 2.52. The van der Waals surface area contributed by atoms with Crippen LogP contribution in [0, 0.1) is 11.8 Å². The van der Waals surface area contributed by atoms with E-state index in [0.717, 1.165) is 6.42 Å². The van der Waals surface area contributed by atoms with Gasteiger partial charge in [-0.05, 0) is 77.4 Å². The summed E-state index contributed by atoms with van der Waals surface area (Å²) in [7, 11) is -1.84. The maximum atomic E-state index is 6.90. The lowest BCUT2D eigenvalue weighted by Crippen LogP contribution is -2.48.